The SMILES string of the molecule is O=c1[nH]c2cc(F)ccc2c2c1cnn2Cc1ccccc1. The maximum absolute atomic E-state index is 13.4. The summed E-state index contributed by atoms with van der Waals surface area (Å²) in [7, 11) is 0. The van der Waals surface area contributed by atoms with Crippen LogP contribution in [0.15, 0.2) is 59.5 Å². The second-order valence-electron chi connectivity index (χ2n) is 5.19. The van der Waals surface area contributed by atoms with Crippen LogP contribution in [0.5, 0.6) is 0 Å². The van der Waals surface area contributed by atoms with Gasteiger partial charge in [-0.3, -0.25) is 9.48 Å². The number of H-pyrrole nitrogens is 1. The molecule has 0 fully saturated rings. The van der Waals surface area contributed by atoms with Crippen LogP contribution in [0.4, 0.5) is 4.39 Å². The molecule has 2 aromatic heterocycles. The largest absolute Gasteiger partial charge is 0.321 e. The maximum atomic E-state index is 13.4. The topological polar surface area (TPSA) is 50.7 Å². The number of aromatic amines is 1. The van der Waals surface area contributed by atoms with E-state index in [1.54, 1.807) is 16.9 Å². The molecule has 0 radical (unpaired) electrons. The van der Waals surface area contributed by atoms with Gasteiger partial charge in [-0.1, -0.05) is 30.3 Å². The summed E-state index contributed by atoms with van der Waals surface area (Å²) in [5, 5.41) is 5.62. The average molecular weight is 293 g/mol. The summed E-state index contributed by atoms with van der Waals surface area (Å²) in [6, 6.07) is 14.3. The number of rotatable bonds is 2. The molecule has 4 rings (SSSR count). The van der Waals surface area contributed by atoms with Crippen molar-refractivity contribution in [2.24, 2.45) is 0 Å². The molecule has 0 aliphatic carbocycles. The smallest absolute Gasteiger partial charge is 0.259 e. The fraction of sp³-hybridized carbons (Fsp3) is 0.0588. The summed E-state index contributed by atoms with van der Waals surface area (Å²) < 4.78 is 15.2. The van der Waals surface area contributed by atoms with Crippen LogP contribution in [0.25, 0.3) is 21.8 Å². The highest BCUT2D eigenvalue weighted by atomic mass is 19.1. The van der Waals surface area contributed by atoms with Crippen molar-refractivity contribution in [3.8, 4) is 0 Å². The minimum Gasteiger partial charge on any atom is -0.321 e. The maximum Gasteiger partial charge on any atom is 0.259 e. The number of benzene rings is 2. The van der Waals surface area contributed by atoms with Crippen LogP contribution >= 0.6 is 0 Å². The summed E-state index contributed by atoms with van der Waals surface area (Å²) in [5.74, 6) is -0.378. The molecule has 0 saturated heterocycles. The normalized spacial score (nSPS) is 11.3. The van der Waals surface area contributed by atoms with Crippen molar-refractivity contribution in [3.05, 3.63) is 76.5 Å². The van der Waals surface area contributed by atoms with Gasteiger partial charge in [0.05, 0.1) is 29.2 Å². The zero-order valence-electron chi connectivity index (χ0n) is 11.6. The summed E-state index contributed by atoms with van der Waals surface area (Å²) in [5.41, 5.74) is 2.03. The molecule has 1 N–H and O–H groups in total. The molecule has 0 atom stereocenters. The van der Waals surface area contributed by atoms with Crippen LogP contribution in [0.2, 0.25) is 0 Å². The van der Waals surface area contributed by atoms with Gasteiger partial charge in [0.1, 0.15) is 5.82 Å². The number of aromatic nitrogens is 3. The quantitative estimate of drug-likeness (QED) is 0.617. The lowest BCUT2D eigenvalue weighted by molar-refractivity contribution is 0.629. The molecule has 0 aliphatic rings. The Labute approximate surface area is 124 Å². The highest BCUT2D eigenvalue weighted by molar-refractivity contribution is 6.02. The molecule has 0 amide bonds. The van der Waals surface area contributed by atoms with Gasteiger partial charge in [0.25, 0.3) is 5.56 Å². The Kier molecular flexibility index (Phi) is 2.79. The van der Waals surface area contributed by atoms with E-state index >= 15 is 0 Å². The number of nitrogens with zero attached hydrogens (tertiary/aromatic N) is 2. The lowest BCUT2D eigenvalue weighted by Crippen LogP contribution is -2.08. The van der Waals surface area contributed by atoms with Gasteiger partial charge in [-0.2, -0.15) is 5.10 Å². The lowest BCUT2D eigenvalue weighted by atomic mass is 10.1. The molecule has 2 heterocycles. The predicted molar refractivity (Wildman–Crippen MR) is 83.4 cm³/mol. The minimum atomic E-state index is -0.378. The molecule has 108 valence electrons. The number of nitrogens with one attached hydrogen (secondary N) is 1. The molecule has 0 saturated carbocycles. The number of pyridine rings is 1. The van der Waals surface area contributed by atoms with E-state index in [2.05, 4.69) is 10.1 Å². The van der Waals surface area contributed by atoms with Crippen molar-refractivity contribution >= 4 is 21.8 Å². The van der Waals surface area contributed by atoms with E-state index in [1.807, 2.05) is 30.3 Å². The molecular formula is C17H12FN3O. The van der Waals surface area contributed by atoms with Gasteiger partial charge in [0.2, 0.25) is 0 Å². The monoisotopic (exact) mass is 293 g/mol. The molecule has 4 nitrogen and oxygen atoms in total. The van der Waals surface area contributed by atoms with Gasteiger partial charge in [-0.15, -0.1) is 0 Å². The van der Waals surface area contributed by atoms with Gasteiger partial charge in [0, 0.05) is 5.39 Å². The van der Waals surface area contributed by atoms with Gasteiger partial charge in [0.15, 0.2) is 0 Å². The third-order valence-electron chi connectivity index (χ3n) is 3.74. The highest BCUT2D eigenvalue weighted by Crippen LogP contribution is 2.22. The molecule has 0 spiro atoms. The average Bonchev–Trinajstić information content (AvgIpc) is 2.93. The van der Waals surface area contributed by atoms with Gasteiger partial charge in [-0.05, 0) is 23.8 Å². The number of fused-ring (bicyclic) bond motifs is 3. The van der Waals surface area contributed by atoms with Gasteiger partial charge >= 0.3 is 0 Å². The van der Waals surface area contributed by atoms with E-state index in [4.69, 9.17) is 0 Å². The molecule has 4 aromatic rings. The van der Waals surface area contributed by atoms with E-state index < -0.39 is 0 Å². The van der Waals surface area contributed by atoms with Crippen molar-refractivity contribution in [2.75, 3.05) is 0 Å². The van der Waals surface area contributed by atoms with Crippen molar-refractivity contribution in [1.29, 1.82) is 0 Å². The Bertz CT molecular complexity index is 1030. The summed E-state index contributed by atoms with van der Waals surface area (Å²) in [6.07, 6.45) is 1.56. The van der Waals surface area contributed by atoms with Crippen LogP contribution in [-0.2, 0) is 6.54 Å². The first-order valence-corrected chi connectivity index (χ1v) is 6.93. The Balaban J connectivity index is 2.00. The molecular weight excluding hydrogens is 281 g/mol. The molecule has 2 aromatic carbocycles. The van der Waals surface area contributed by atoms with Crippen LogP contribution in [-0.4, -0.2) is 14.8 Å². The number of hydrogen-bond acceptors (Lipinski definition) is 2. The Morgan fingerprint density at radius 1 is 1.09 bits per heavy atom. The second kappa shape index (κ2) is 4.80. The van der Waals surface area contributed by atoms with Gasteiger partial charge < -0.3 is 4.98 Å². The predicted octanol–water partition coefficient (Wildman–Crippen LogP) is 3.07. The Hall–Kier alpha value is -2.95. The Morgan fingerprint density at radius 3 is 2.73 bits per heavy atom. The summed E-state index contributed by atoms with van der Waals surface area (Å²) in [6.45, 7) is 0.556. The zero-order valence-corrected chi connectivity index (χ0v) is 11.6. The molecule has 0 unspecified atom stereocenters. The first-order valence-electron chi connectivity index (χ1n) is 6.93. The first-order chi connectivity index (χ1) is 10.7. The second-order valence-corrected chi connectivity index (χ2v) is 5.19. The lowest BCUT2D eigenvalue weighted by Gasteiger charge is -2.06. The fourth-order valence-corrected chi connectivity index (χ4v) is 2.73. The Morgan fingerprint density at radius 2 is 1.91 bits per heavy atom. The van der Waals surface area contributed by atoms with E-state index in [9.17, 15) is 9.18 Å². The van der Waals surface area contributed by atoms with Crippen molar-refractivity contribution in [2.45, 2.75) is 6.54 Å². The standard InChI is InChI=1S/C17H12FN3O/c18-12-6-7-13-15(8-12)20-17(22)14-9-19-21(16(13)14)10-11-4-2-1-3-5-11/h1-9H,10H2,(H,20,22). The molecule has 0 bridgehead atoms. The first kappa shape index (κ1) is 12.8. The zero-order chi connectivity index (χ0) is 15.1. The van der Waals surface area contributed by atoms with E-state index in [0.717, 1.165) is 16.5 Å². The highest BCUT2D eigenvalue weighted by Gasteiger charge is 2.12. The summed E-state index contributed by atoms with van der Waals surface area (Å²) >= 11 is 0. The van der Waals surface area contributed by atoms with Crippen LogP contribution in [0.1, 0.15) is 5.56 Å². The van der Waals surface area contributed by atoms with Crippen LogP contribution < -0.4 is 5.56 Å². The minimum absolute atomic E-state index is 0.257. The van der Waals surface area contributed by atoms with Crippen LogP contribution in [0.3, 0.4) is 0 Å². The van der Waals surface area contributed by atoms with Crippen molar-refractivity contribution in [3.63, 3.8) is 0 Å². The van der Waals surface area contributed by atoms with E-state index in [1.165, 1.54) is 12.1 Å². The molecule has 22 heavy (non-hydrogen) atoms. The van der Waals surface area contributed by atoms with Crippen molar-refractivity contribution in [1.82, 2.24) is 14.8 Å². The molecule has 5 heteroatoms. The van der Waals surface area contributed by atoms with Crippen molar-refractivity contribution < 1.29 is 4.39 Å². The third-order valence-corrected chi connectivity index (χ3v) is 3.74. The van der Waals surface area contributed by atoms with Gasteiger partial charge in [-0.25, -0.2) is 4.39 Å². The number of halogens is 1. The summed E-state index contributed by atoms with van der Waals surface area (Å²) in [4.78, 5) is 14.8. The molecule has 0 aliphatic heterocycles. The third kappa shape index (κ3) is 1.98. The number of hydrogen-bond donors (Lipinski definition) is 1. The van der Waals surface area contributed by atoms with E-state index in [0.29, 0.717) is 17.4 Å². The fourth-order valence-electron chi connectivity index (χ4n) is 2.73. The van der Waals surface area contributed by atoms with E-state index in [-0.39, 0.29) is 11.4 Å². The van der Waals surface area contributed by atoms with Crippen LogP contribution in [0, 0.1) is 5.82 Å².